The topological polar surface area (TPSA) is 133 Å². The quantitative estimate of drug-likeness (QED) is 0.335. The minimum Gasteiger partial charge on any atom is -0.852 e. The van der Waals surface area contributed by atoms with Crippen molar-refractivity contribution in [2.45, 2.75) is 79.8 Å². The summed E-state index contributed by atoms with van der Waals surface area (Å²) >= 11 is 0. The van der Waals surface area contributed by atoms with Gasteiger partial charge in [0.1, 0.15) is 0 Å². The first-order chi connectivity index (χ1) is 7.93. The first-order valence-corrected chi connectivity index (χ1v) is 5.76. The molecule has 118 valence electrons. The van der Waals surface area contributed by atoms with Crippen LogP contribution in [0.4, 0.5) is 0 Å². The van der Waals surface area contributed by atoms with Gasteiger partial charge in [-0.05, 0) is 0 Å². The average Bonchev–Trinajstić information content (AvgIpc) is 2.01. The van der Waals surface area contributed by atoms with Crippen LogP contribution in [-0.2, 0) is 21.7 Å². The Bertz CT molecular complexity index is 65.2. The Morgan fingerprint density at radius 1 is 0.474 bits per heavy atom. The van der Waals surface area contributed by atoms with E-state index in [0.717, 1.165) is 0 Å². The first kappa shape index (κ1) is 36.6. The van der Waals surface area contributed by atoms with Crippen LogP contribution < -0.4 is 20.4 Å². The summed E-state index contributed by atoms with van der Waals surface area (Å²) in [4.78, 5) is 0. The molecule has 0 aromatic heterocycles. The van der Waals surface area contributed by atoms with Crippen molar-refractivity contribution in [1.82, 2.24) is 0 Å². The number of hydrogen-bond donors (Lipinski definition) is 2. The van der Waals surface area contributed by atoms with Crippen LogP contribution in [0.2, 0.25) is 0 Å². The maximum atomic E-state index is 9.53. The zero-order chi connectivity index (χ0) is 16.3. The van der Waals surface area contributed by atoms with Crippen molar-refractivity contribution in [1.29, 1.82) is 0 Å². The van der Waals surface area contributed by atoms with Crippen LogP contribution in [0.15, 0.2) is 0 Å². The summed E-state index contributed by atoms with van der Waals surface area (Å²) in [5.74, 6) is 0. The van der Waals surface area contributed by atoms with Crippen LogP contribution in [0.25, 0.3) is 0 Å². The van der Waals surface area contributed by atoms with Gasteiger partial charge in [0.15, 0.2) is 0 Å². The summed E-state index contributed by atoms with van der Waals surface area (Å²) in [5.41, 5.74) is 0. The second-order valence-electron chi connectivity index (χ2n) is 4.20. The van der Waals surface area contributed by atoms with Crippen molar-refractivity contribution >= 4 is 0 Å². The molecule has 0 aliphatic heterocycles. The molecule has 0 aromatic carbocycles. The van der Waals surface area contributed by atoms with Crippen molar-refractivity contribution in [2.24, 2.45) is 0 Å². The molecular formula is C12H30O6Ti. The zero-order valence-electron chi connectivity index (χ0n) is 13.3. The van der Waals surface area contributed by atoms with Gasteiger partial charge in [-0.3, -0.25) is 10.5 Å². The van der Waals surface area contributed by atoms with Gasteiger partial charge in [-0.25, -0.2) is 0 Å². The van der Waals surface area contributed by atoms with Crippen LogP contribution in [0.3, 0.4) is 0 Å². The van der Waals surface area contributed by atoms with E-state index < -0.39 is 24.4 Å². The molecule has 0 rings (SSSR count). The molecule has 0 heterocycles. The van der Waals surface area contributed by atoms with Crippen molar-refractivity contribution in [2.75, 3.05) is 0 Å². The Morgan fingerprint density at radius 3 is 0.474 bits per heavy atom. The molecule has 0 saturated carbocycles. The molecule has 0 radical (unpaired) electrons. The number of hydrogen-bond acceptors (Lipinski definition) is 6. The smallest absolute Gasteiger partial charge is 0.852 e. The van der Waals surface area contributed by atoms with E-state index in [1.807, 2.05) is 0 Å². The van der Waals surface area contributed by atoms with Crippen molar-refractivity contribution in [3.05, 3.63) is 0 Å². The molecule has 0 bridgehead atoms. The fourth-order valence-electron chi connectivity index (χ4n) is 0. The Balaban J connectivity index is -0.0000000279. The van der Waals surface area contributed by atoms with Crippen LogP contribution in [0.1, 0.15) is 55.4 Å². The third kappa shape index (κ3) is 22300. The molecule has 6 nitrogen and oxygen atoms in total. The summed E-state index contributed by atoms with van der Waals surface area (Å²) in [5, 5.41) is 50.1. The Kier molecular flexibility index (Phi) is 69.9. The van der Waals surface area contributed by atoms with Gasteiger partial charge in [-0.2, -0.15) is 0 Å². The predicted octanol–water partition coefficient (Wildman–Crippen LogP) is -0.965. The minimum atomic E-state index is -0.417. The van der Waals surface area contributed by atoms with E-state index in [0.29, 0.717) is 0 Å². The van der Waals surface area contributed by atoms with Gasteiger partial charge in [0, 0.05) is 0 Å². The van der Waals surface area contributed by atoms with Crippen molar-refractivity contribution < 1.29 is 52.7 Å². The molecule has 19 heavy (non-hydrogen) atoms. The summed E-state index contributed by atoms with van der Waals surface area (Å²) in [6.45, 7) is 12.9. The van der Waals surface area contributed by atoms with E-state index in [9.17, 15) is 20.4 Å². The molecule has 0 aromatic rings. The SMILES string of the molecule is CC(C)[O-].CC(C)[O-].CC(C)[O-].CC(C)[O-].OO.[Ti+4]. The maximum absolute atomic E-state index is 9.53. The molecule has 0 amide bonds. The first-order valence-electron chi connectivity index (χ1n) is 5.76. The minimum absolute atomic E-state index is 0. The van der Waals surface area contributed by atoms with E-state index in [1.165, 1.54) is 0 Å². The third-order valence-corrected chi connectivity index (χ3v) is 0. The molecular weight excluding hydrogens is 288 g/mol. The van der Waals surface area contributed by atoms with E-state index in [4.69, 9.17) is 10.5 Å². The van der Waals surface area contributed by atoms with Crippen molar-refractivity contribution in [3.8, 4) is 0 Å². The molecule has 0 spiro atoms. The average molecular weight is 318 g/mol. The molecule has 0 saturated heterocycles. The molecule has 2 N–H and O–H groups in total. The molecule has 0 unspecified atom stereocenters. The standard InChI is InChI=1S/4C3H7O.H2O2.Ti/c4*1-3(2)4;1-2;/h4*3H,1-2H3;1-2H;/q4*-1;;+4. The zero-order valence-corrected chi connectivity index (χ0v) is 14.9. The van der Waals surface area contributed by atoms with Gasteiger partial charge < -0.3 is 20.4 Å². The van der Waals surface area contributed by atoms with Gasteiger partial charge in [0.2, 0.25) is 0 Å². The number of rotatable bonds is 0. The van der Waals surface area contributed by atoms with E-state index in [1.54, 1.807) is 55.4 Å². The van der Waals surface area contributed by atoms with Gasteiger partial charge in [-0.1, -0.05) is 55.4 Å². The molecule has 0 aliphatic carbocycles. The van der Waals surface area contributed by atoms with Gasteiger partial charge in [0.05, 0.1) is 0 Å². The summed E-state index contributed by atoms with van der Waals surface area (Å²) in [6.07, 6.45) is -1.67. The van der Waals surface area contributed by atoms with E-state index in [2.05, 4.69) is 0 Å². The second-order valence-corrected chi connectivity index (χ2v) is 4.20. The van der Waals surface area contributed by atoms with Gasteiger partial charge in [-0.15, -0.1) is 24.4 Å². The second kappa shape index (κ2) is 36.3. The Morgan fingerprint density at radius 2 is 0.474 bits per heavy atom. The normalized spacial score (nSPS) is 7.89. The van der Waals surface area contributed by atoms with Gasteiger partial charge in [0.25, 0.3) is 0 Å². The fourth-order valence-corrected chi connectivity index (χ4v) is 0. The van der Waals surface area contributed by atoms with Crippen LogP contribution >= 0.6 is 0 Å². The van der Waals surface area contributed by atoms with Crippen molar-refractivity contribution in [3.63, 3.8) is 0 Å². The van der Waals surface area contributed by atoms with Gasteiger partial charge >= 0.3 is 21.7 Å². The fraction of sp³-hybridized carbons (Fsp3) is 1.00. The molecule has 0 atom stereocenters. The predicted molar refractivity (Wildman–Crippen MR) is 65.8 cm³/mol. The Labute approximate surface area is 132 Å². The van der Waals surface area contributed by atoms with E-state index in [-0.39, 0.29) is 21.7 Å². The van der Waals surface area contributed by atoms with E-state index >= 15 is 0 Å². The summed E-state index contributed by atoms with van der Waals surface area (Å²) in [7, 11) is 0. The van der Waals surface area contributed by atoms with Crippen LogP contribution in [-0.4, -0.2) is 34.9 Å². The summed E-state index contributed by atoms with van der Waals surface area (Å²) < 4.78 is 0. The largest absolute Gasteiger partial charge is 4.00 e. The monoisotopic (exact) mass is 318 g/mol. The van der Waals surface area contributed by atoms with Crippen LogP contribution in [0.5, 0.6) is 0 Å². The van der Waals surface area contributed by atoms with Crippen LogP contribution in [0, 0.1) is 0 Å². The summed E-state index contributed by atoms with van der Waals surface area (Å²) in [6, 6.07) is 0. The molecule has 7 heteroatoms. The molecule has 0 aliphatic rings. The molecule has 0 fully saturated rings. The maximum Gasteiger partial charge on any atom is 4.00 e. The Hall–Kier alpha value is 0.474. The third-order valence-electron chi connectivity index (χ3n) is 0.